The molecule has 0 bridgehead atoms. The van der Waals surface area contributed by atoms with Crippen LogP contribution in [0.15, 0.2) is 4.47 Å². The summed E-state index contributed by atoms with van der Waals surface area (Å²) in [5.41, 5.74) is 2.15. The summed E-state index contributed by atoms with van der Waals surface area (Å²) in [6, 6.07) is 0. The van der Waals surface area contributed by atoms with Gasteiger partial charge in [-0.1, -0.05) is 6.92 Å². The fourth-order valence-electron chi connectivity index (χ4n) is 1.55. The Kier molecular flexibility index (Phi) is 5.44. The summed E-state index contributed by atoms with van der Waals surface area (Å²) in [6.45, 7) is 5.57. The third kappa shape index (κ3) is 3.57. The van der Waals surface area contributed by atoms with Crippen LogP contribution in [0.5, 0.6) is 0 Å². The van der Waals surface area contributed by atoms with Crippen LogP contribution in [0.4, 0.5) is 0 Å². The lowest BCUT2D eigenvalue weighted by Crippen LogP contribution is -2.21. The topological polar surface area (TPSA) is 50.1 Å². The Bertz CT molecular complexity index is 338. The van der Waals surface area contributed by atoms with Crippen molar-refractivity contribution >= 4 is 15.9 Å². The molecule has 0 saturated heterocycles. The van der Waals surface area contributed by atoms with Crippen LogP contribution in [-0.2, 0) is 13.6 Å². The van der Waals surface area contributed by atoms with Gasteiger partial charge < -0.3 is 10.4 Å². The summed E-state index contributed by atoms with van der Waals surface area (Å²) in [5, 5.41) is 17.0. The van der Waals surface area contributed by atoms with E-state index in [-0.39, 0.29) is 6.10 Å². The Hall–Kier alpha value is -0.390. The first kappa shape index (κ1) is 13.7. The zero-order chi connectivity index (χ0) is 12.1. The number of aromatic nitrogens is 2. The van der Waals surface area contributed by atoms with Crippen molar-refractivity contribution in [2.75, 3.05) is 6.54 Å². The Morgan fingerprint density at radius 3 is 2.75 bits per heavy atom. The van der Waals surface area contributed by atoms with Gasteiger partial charge in [-0.2, -0.15) is 5.10 Å². The standard InChI is InChI=1S/C11H20BrN3O/c1-4-9(16)5-6-13-7-10-11(12)8(2)14-15(10)3/h9,13,16H,4-7H2,1-3H3. The highest BCUT2D eigenvalue weighted by molar-refractivity contribution is 9.10. The lowest BCUT2D eigenvalue weighted by molar-refractivity contribution is 0.159. The van der Waals surface area contributed by atoms with E-state index in [9.17, 15) is 5.11 Å². The second kappa shape index (κ2) is 6.37. The first-order chi connectivity index (χ1) is 7.56. The van der Waals surface area contributed by atoms with Gasteiger partial charge in [-0.3, -0.25) is 4.68 Å². The van der Waals surface area contributed by atoms with Crippen LogP contribution >= 0.6 is 15.9 Å². The summed E-state index contributed by atoms with van der Waals surface area (Å²) in [4.78, 5) is 0. The quantitative estimate of drug-likeness (QED) is 0.785. The van der Waals surface area contributed by atoms with E-state index in [0.717, 1.165) is 41.8 Å². The number of rotatable bonds is 6. The second-order valence-electron chi connectivity index (χ2n) is 4.00. The second-order valence-corrected chi connectivity index (χ2v) is 4.79. The van der Waals surface area contributed by atoms with Crippen LogP contribution in [0.3, 0.4) is 0 Å². The zero-order valence-electron chi connectivity index (χ0n) is 10.1. The maximum atomic E-state index is 9.40. The van der Waals surface area contributed by atoms with Crippen LogP contribution in [0, 0.1) is 6.92 Å². The van der Waals surface area contributed by atoms with Crippen LogP contribution in [0.2, 0.25) is 0 Å². The van der Waals surface area contributed by atoms with Gasteiger partial charge in [0.05, 0.1) is 22.0 Å². The fraction of sp³-hybridized carbons (Fsp3) is 0.727. The predicted octanol–water partition coefficient (Wildman–Crippen LogP) is 1.74. The minimum Gasteiger partial charge on any atom is -0.393 e. The smallest absolute Gasteiger partial charge is 0.0739 e. The average Bonchev–Trinajstić information content (AvgIpc) is 2.49. The molecule has 5 heteroatoms. The molecule has 0 spiro atoms. The van der Waals surface area contributed by atoms with Crippen LogP contribution in [0.25, 0.3) is 0 Å². The highest BCUT2D eigenvalue weighted by Gasteiger charge is 2.09. The van der Waals surface area contributed by atoms with Gasteiger partial charge in [0.1, 0.15) is 0 Å². The van der Waals surface area contributed by atoms with Crippen molar-refractivity contribution in [1.82, 2.24) is 15.1 Å². The SMILES string of the molecule is CCC(O)CCNCc1c(Br)c(C)nn1C. The third-order valence-electron chi connectivity index (χ3n) is 2.68. The normalized spacial score (nSPS) is 13.1. The van der Waals surface area contributed by atoms with Gasteiger partial charge in [-0.05, 0) is 42.2 Å². The van der Waals surface area contributed by atoms with Crippen molar-refractivity contribution in [3.8, 4) is 0 Å². The van der Waals surface area contributed by atoms with Crippen molar-refractivity contribution in [2.24, 2.45) is 7.05 Å². The molecule has 16 heavy (non-hydrogen) atoms. The molecule has 1 heterocycles. The third-order valence-corrected chi connectivity index (χ3v) is 3.71. The molecule has 0 saturated carbocycles. The Morgan fingerprint density at radius 2 is 2.25 bits per heavy atom. The molecular weight excluding hydrogens is 270 g/mol. The minimum absolute atomic E-state index is 0.191. The van der Waals surface area contributed by atoms with Gasteiger partial charge in [0.25, 0.3) is 0 Å². The first-order valence-corrected chi connectivity index (χ1v) is 6.42. The van der Waals surface area contributed by atoms with E-state index in [1.807, 2.05) is 25.6 Å². The molecule has 0 fully saturated rings. The number of aliphatic hydroxyl groups is 1. The van der Waals surface area contributed by atoms with E-state index in [1.54, 1.807) is 0 Å². The molecule has 0 radical (unpaired) electrons. The monoisotopic (exact) mass is 289 g/mol. The summed E-state index contributed by atoms with van der Waals surface area (Å²) in [7, 11) is 1.94. The van der Waals surface area contributed by atoms with E-state index in [0.29, 0.717) is 0 Å². The number of aryl methyl sites for hydroxylation is 2. The molecular formula is C11H20BrN3O. The number of nitrogens with zero attached hydrogens (tertiary/aromatic N) is 2. The van der Waals surface area contributed by atoms with Crippen LogP contribution < -0.4 is 5.32 Å². The van der Waals surface area contributed by atoms with Crippen LogP contribution in [0.1, 0.15) is 31.2 Å². The molecule has 1 unspecified atom stereocenters. The number of hydrogen-bond acceptors (Lipinski definition) is 3. The van der Waals surface area contributed by atoms with E-state index >= 15 is 0 Å². The molecule has 1 aromatic heterocycles. The van der Waals surface area contributed by atoms with Gasteiger partial charge >= 0.3 is 0 Å². The van der Waals surface area contributed by atoms with Gasteiger partial charge in [-0.25, -0.2) is 0 Å². The Morgan fingerprint density at radius 1 is 1.56 bits per heavy atom. The highest BCUT2D eigenvalue weighted by Crippen LogP contribution is 2.19. The van der Waals surface area contributed by atoms with Crippen molar-refractivity contribution in [1.29, 1.82) is 0 Å². The van der Waals surface area contributed by atoms with Gasteiger partial charge in [-0.15, -0.1) is 0 Å². The van der Waals surface area contributed by atoms with E-state index in [1.165, 1.54) is 0 Å². The van der Waals surface area contributed by atoms with Gasteiger partial charge in [0, 0.05) is 13.6 Å². The number of hydrogen-bond donors (Lipinski definition) is 2. The first-order valence-electron chi connectivity index (χ1n) is 5.63. The van der Waals surface area contributed by atoms with Gasteiger partial charge in [0.2, 0.25) is 0 Å². The predicted molar refractivity (Wildman–Crippen MR) is 68.3 cm³/mol. The zero-order valence-corrected chi connectivity index (χ0v) is 11.7. The van der Waals surface area contributed by atoms with Gasteiger partial charge in [0.15, 0.2) is 0 Å². The summed E-state index contributed by atoms with van der Waals surface area (Å²) in [6.07, 6.45) is 1.42. The molecule has 0 aliphatic rings. The summed E-state index contributed by atoms with van der Waals surface area (Å²) in [5.74, 6) is 0. The maximum Gasteiger partial charge on any atom is 0.0739 e. The van der Waals surface area contributed by atoms with Crippen molar-refractivity contribution in [2.45, 2.75) is 39.3 Å². The van der Waals surface area contributed by atoms with E-state index < -0.39 is 0 Å². The molecule has 92 valence electrons. The van der Waals surface area contributed by atoms with Crippen molar-refractivity contribution < 1.29 is 5.11 Å². The van der Waals surface area contributed by atoms with E-state index in [2.05, 4.69) is 26.3 Å². The molecule has 0 aliphatic heterocycles. The largest absolute Gasteiger partial charge is 0.393 e. The highest BCUT2D eigenvalue weighted by atomic mass is 79.9. The average molecular weight is 290 g/mol. The van der Waals surface area contributed by atoms with E-state index in [4.69, 9.17) is 0 Å². The van der Waals surface area contributed by atoms with Crippen molar-refractivity contribution in [3.63, 3.8) is 0 Å². The van der Waals surface area contributed by atoms with Crippen molar-refractivity contribution in [3.05, 3.63) is 15.9 Å². The number of nitrogens with one attached hydrogen (secondary N) is 1. The Labute approximate surface area is 105 Å². The molecule has 1 aromatic rings. The molecule has 2 N–H and O–H groups in total. The molecule has 0 aliphatic carbocycles. The number of aliphatic hydroxyl groups excluding tert-OH is 1. The minimum atomic E-state index is -0.191. The molecule has 4 nitrogen and oxygen atoms in total. The molecule has 0 amide bonds. The molecule has 1 rings (SSSR count). The van der Waals surface area contributed by atoms with Crippen LogP contribution in [-0.4, -0.2) is 27.5 Å². The Balaban J connectivity index is 2.37. The summed E-state index contributed by atoms with van der Waals surface area (Å²) >= 11 is 3.52. The number of halogens is 1. The fourth-order valence-corrected chi connectivity index (χ4v) is 2.03. The maximum absolute atomic E-state index is 9.40. The molecule has 0 aromatic carbocycles. The lowest BCUT2D eigenvalue weighted by Gasteiger charge is -2.09. The molecule has 1 atom stereocenters. The summed E-state index contributed by atoms with van der Waals surface area (Å²) < 4.78 is 2.95. The lowest BCUT2D eigenvalue weighted by atomic mass is 10.2.